The van der Waals surface area contributed by atoms with E-state index >= 15 is 0 Å². The van der Waals surface area contributed by atoms with Gasteiger partial charge in [-0.2, -0.15) is 13.5 Å². The van der Waals surface area contributed by atoms with Gasteiger partial charge in [0.05, 0.1) is 22.4 Å². The second-order valence-electron chi connectivity index (χ2n) is 6.32. The lowest BCUT2D eigenvalue weighted by molar-refractivity contribution is -0.117. The smallest absolute Gasteiger partial charge is 0.247 e. The third kappa shape index (κ3) is 4.19. The monoisotopic (exact) mass is 458 g/mol. The Hall–Kier alpha value is -2.85. The number of aromatic nitrogens is 2. The van der Waals surface area contributed by atoms with Gasteiger partial charge in [0.2, 0.25) is 15.9 Å². The van der Waals surface area contributed by atoms with E-state index in [4.69, 9.17) is 11.6 Å². The number of sulfonamides is 1. The zero-order valence-corrected chi connectivity index (χ0v) is 17.7. The van der Waals surface area contributed by atoms with Crippen molar-refractivity contribution in [3.63, 3.8) is 0 Å². The van der Waals surface area contributed by atoms with Gasteiger partial charge in [0, 0.05) is 0 Å². The summed E-state index contributed by atoms with van der Waals surface area (Å²) in [5.74, 6) is -0.568. The highest BCUT2D eigenvalue weighted by Gasteiger charge is 2.29. The molecule has 10 heteroatoms. The van der Waals surface area contributed by atoms with Crippen molar-refractivity contribution in [2.75, 3.05) is 5.32 Å². The summed E-state index contributed by atoms with van der Waals surface area (Å²) in [5.41, 5.74) is 1.59. The number of rotatable bonds is 6. The first-order chi connectivity index (χ1) is 14.5. The van der Waals surface area contributed by atoms with Gasteiger partial charge in [-0.3, -0.25) is 4.79 Å². The van der Waals surface area contributed by atoms with E-state index in [-0.39, 0.29) is 10.4 Å². The van der Waals surface area contributed by atoms with E-state index in [1.165, 1.54) is 6.07 Å². The summed E-state index contributed by atoms with van der Waals surface area (Å²) in [6, 6.07) is 18.8. The SMILES string of the molecule is O=C(Nc1ccccc1Cl)[C@@H](NS(=O)(=O)c1cccc2nsnc12)c1ccccc1. The Bertz CT molecular complexity index is 1310. The van der Waals surface area contributed by atoms with Crippen LogP contribution in [0.2, 0.25) is 5.02 Å². The molecule has 3 aromatic carbocycles. The number of amides is 1. The Morgan fingerprint density at radius 2 is 1.67 bits per heavy atom. The van der Waals surface area contributed by atoms with E-state index in [2.05, 4.69) is 18.8 Å². The number of nitrogens with one attached hydrogen (secondary N) is 2. The lowest BCUT2D eigenvalue weighted by atomic mass is 10.1. The van der Waals surface area contributed by atoms with Crippen LogP contribution in [0.25, 0.3) is 11.0 Å². The van der Waals surface area contributed by atoms with Crippen LogP contribution in [-0.4, -0.2) is 23.1 Å². The van der Waals surface area contributed by atoms with Crippen molar-refractivity contribution in [1.29, 1.82) is 0 Å². The maximum absolute atomic E-state index is 13.2. The molecule has 0 radical (unpaired) electrons. The van der Waals surface area contributed by atoms with Crippen molar-refractivity contribution in [2.45, 2.75) is 10.9 Å². The van der Waals surface area contributed by atoms with Crippen LogP contribution in [0.15, 0.2) is 77.7 Å². The third-order valence-corrected chi connectivity index (χ3v) is 6.66. The predicted octanol–water partition coefficient (Wildman–Crippen LogP) is 4.00. The zero-order valence-electron chi connectivity index (χ0n) is 15.3. The fourth-order valence-corrected chi connectivity index (χ4v) is 5.04. The minimum atomic E-state index is -4.09. The summed E-state index contributed by atoms with van der Waals surface area (Å²) in [6.07, 6.45) is 0. The van der Waals surface area contributed by atoms with E-state index in [9.17, 15) is 13.2 Å². The highest BCUT2D eigenvalue weighted by atomic mass is 35.5. The molecule has 0 spiro atoms. The summed E-state index contributed by atoms with van der Waals surface area (Å²) < 4.78 is 37.0. The van der Waals surface area contributed by atoms with Crippen LogP contribution in [0.5, 0.6) is 0 Å². The molecule has 7 nitrogen and oxygen atoms in total. The predicted molar refractivity (Wildman–Crippen MR) is 117 cm³/mol. The van der Waals surface area contributed by atoms with Crippen molar-refractivity contribution in [3.05, 3.63) is 83.4 Å². The molecule has 30 heavy (non-hydrogen) atoms. The number of carbonyl (C=O) groups excluding carboxylic acids is 1. The molecule has 1 amide bonds. The molecule has 1 atom stereocenters. The number of benzene rings is 3. The van der Waals surface area contributed by atoms with Crippen LogP contribution in [0, 0.1) is 0 Å². The summed E-state index contributed by atoms with van der Waals surface area (Å²) in [7, 11) is -4.09. The second-order valence-corrected chi connectivity index (χ2v) is 8.94. The van der Waals surface area contributed by atoms with E-state index < -0.39 is 22.0 Å². The van der Waals surface area contributed by atoms with Crippen LogP contribution >= 0.6 is 23.3 Å². The summed E-state index contributed by atoms with van der Waals surface area (Å²) in [6.45, 7) is 0. The normalized spacial score (nSPS) is 12.6. The molecule has 0 fully saturated rings. The fraction of sp³-hybridized carbons (Fsp3) is 0.0500. The van der Waals surface area contributed by atoms with E-state index in [0.29, 0.717) is 21.8 Å². The molecule has 0 aliphatic heterocycles. The van der Waals surface area contributed by atoms with Gasteiger partial charge in [-0.1, -0.05) is 60.1 Å². The van der Waals surface area contributed by atoms with Gasteiger partial charge in [0.15, 0.2) is 0 Å². The van der Waals surface area contributed by atoms with Crippen LogP contribution in [0.3, 0.4) is 0 Å². The average Bonchev–Trinajstić information content (AvgIpc) is 3.23. The minimum absolute atomic E-state index is 0.0415. The van der Waals surface area contributed by atoms with Crippen molar-refractivity contribution < 1.29 is 13.2 Å². The van der Waals surface area contributed by atoms with E-state index in [1.54, 1.807) is 66.7 Å². The molecule has 0 bridgehead atoms. The zero-order chi connectivity index (χ0) is 21.1. The van der Waals surface area contributed by atoms with Gasteiger partial charge >= 0.3 is 0 Å². The molecule has 0 saturated heterocycles. The van der Waals surface area contributed by atoms with E-state index in [1.807, 2.05) is 0 Å². The summed E-state index contributed by atoms with van der Waals surface area (Å²) in [5, 5.41) is 3.04. The Morgan fingerprint density at radius 3 is 2.43 bits per heavy atom. The second kappa shape index (κ2) is 8.49. The molecule has 1 aromatic heterocycles. The quantitative estimate of drug-likeness (QED) is 0.454. The molecule has 0 saturated carbocycles. The molecule has 2 N–H and O–H groups in total. The lowest BCUT2D eigenvalue weighted by Gasteiger charge is -2.19. The van der Waals surface area contributed by atoms with Gasteiger partial charge in [0.25, 0.3) is 0 Å². The average molecular weight is 459 g/mol. The molecule has 4 aromatic rings. The molecule has 0 unspecified atom stereocenters. The first-order valence-electron chi connectivity index (χ1n) is 8.80. The molecule has 0 aliphatic carbocycles. The van der Waals surface area contributed by atoms with Crippen molar-refractivity contribution in [3.8, 4) is 0 Å². The van der Waals surface area contributed by atoms with Gasteiger partial charge in [-0.15, -0.1) is 0 Å². The van der Waals surface area contributed by atoms with Crippen LogP contribution in [0.1, 0.15) is 11.6 Å². The number of carbonyl (C=O) groups is 1. The number of nitrogens with zero attached hydrogens (tertiary/aromatic N) is 2. The molecule has 152 valence electrons. The molecule has 1 heterocycles. The van der Waals surface area contributed by atoms with Crippen LogP contribution < -0.4 is 10.0 Å². The third-order valence-electron chi connectivity index (χ3n) is 4.34. The van der Waals surface area contributed by atoms with Gasteiger partial charge in [-0.05, 0) is 29.8 Å². The van der Waals surface area contributed by atoms with Gasteiger partial charge in [0.1, 0.15) is 22.0 Å². The summed E-state index contributed by atoms with van der Waals surface area (Å²) in [4.78, 5) is 13.0. The van der Waals surface area contributed by atoms with Crippen molar-refractivity contribution >= 4 is 56.0 Å². The number of halogens is 1. The van der Waals surface area contributed by atoms with Gasteiger partial charge < -0.3 is 5.32 Å². The topological polar surface area (TPSA) is 101 Å². The molecule has 0 aliphatic rings. The Labute approximate surface area is 182 Å². The fourth-order valence-electron chi connectivity index (χ4n) is 2.90. The Morgan fingerprint density at radius 1 is 0.933 bits per heavy atom. The highest BCUT2D eigenvalue weighted by molar-refractivity contribution is 7.89. The first kappa shape index (κ1) is 20.4. The minimum Gasteiger partial charge on any atom is -0.323 e. The molecular weight excluding hydrogens is 444 g/mol. The maximum atomic E-state index is 13.2. The van der Waals surface area contributed by atoms with Crippen LogP contribution in [-0.2, 0) is 14.8 Å². The molecule has 4 rings (SSSR count). The summed E-state index contributed by atoms with van der Waals surface area (Å²) >= 11 is 7.06. The van der Waals surface area contributed by atoms with Crippen molar-refractivity contribution in [1.82, 2.24) is 13.5 Å². The lowest BCUT2D eigenvalue weighted by Crippen LogP contribution is -2.37. The number of hydrogen-bond acceptors (Lipinski definition) is 6. The van der Waals surface area contributed by atoms with Gasteiger partial charge in [-0.25, -0.2) is 8.42 Å². The number of hydrogen-bond donors (Lipinski definition) is 2. The number of fused-ring (bicyclic) bond motifs is 1. The maximum Gasteiger partial charge on any atom is 0.247 e. The number of para-hydroxylation sites is 1. The van der Waals surface area contributed by atoms with E-state index in [0.717, 1.165) is 11.7 Å². The number of anilines is 1. The molecular formula is C20H15ClN4O3S2. The largest absolute Gasteiger partial charge is 0.323 e. The van der Waals surface area contributed by atoms with Crippen molar-refractivity contribution in [2.24, 2.45) is 0 Å². The van der Waals surface area contributed by atoms with Crippen LogP contribution in [0.4, 0.5) is 5.69 Å². The Balaban J connectivity index is 1.71. The Kier molecular flexibility index (Phi) is 5.78. The first-order valence-corrected chi connectivity index (χ1v) is 11.4. The standard InChI is InChI=1S/C20H15ClN4O3S2/c21-14-9-4-5-10-15(14)22-20(26)18(13-7-2-1-3-8-13)25-30(27,28)17-12-6-11-16-19(17)24-29-23-16/h1-12,18,25H,(H,22,26)/t18-/m0/s1. The highest BCUT2D eigenvalue weighted by Crippen LogP contribution is 2.26.